The molecule has 5 aromatic rings. The number of rotatable bonds is 10. The van der Waals surface area contributed by atoms with Gasteiger partial charge < -0.3 is 20.3 Å². The quantitative estimate of drug-likeness (QED) is 0.142. The van der Waals surface area contributed by atoms with Crippen molar-refractivity contribution < 1.29 is 19.5 Å². The Hall–Kier alpha value is -4.60. The SMILES string of the molecule is O=C(NC(CSc1ncccc1C(=O)O)C(=O)N1CCC(C(c2ccccc2)c2ccccc2)CC1)c1cc2cc(Cl)ccc2[nH]1. The van der Waals surface area contributed by atoms with Crippen molar-refractivity contribution in [3.05, 3.63) is 131 Å². The molecule has 0 saturated carbocycles. The average molecular weight is 653 g/mol. The Kier molecular flexibility index (Phi) is 9.71. The number of carboxylic acid groups (broad SMARTS) is 1. The number of benzene rings is 3. The number of pyridine rings is 1. The highest BCUT2D eigenvalue weighted by atomic mass is 35.5. The van der Waals surface area contributed by atoms with Gasteiger partial charge in [0.2, 0.25) is 5.91 Å². The van der Waals surface area contributed by atoms with Gasteiger partial charge in [-0.2, -0.15) is 0 Å². The number of H-pyrrole nitrogens is 1. The van der Waals surface area contributed by atoms with E-state index in [4.69, 9.17) is 11.6 Å². The maximum Gasteiger partial charge on any atom is 0.338 e. The molecule has 6 rings (SSSR count). The molecule has 234 valence electrons. The molecule has 0 spiro atoms. The standard InChI is InChI=1S/C36H33ClN4O4S/c37-27-13-14-29-26(20-27)21-30(39-29)33(42)40-31(22-46-34-28(36(44)45)12-7-17-38-34)35(43)41-18-15-25(16-19-41)32(23-8-3-1-4-9-23)24-10-5-2-6-11-24/h1-14,17,20-21,25,31-32,39H,15-16,18-19,22H2,(H,40,42)(H,44,45). The van der Waals surface area contributed by atoms with Crippen LogP contribution in [0.5, 0.6) is 0 Å². The third kappa shape index (κ3) is 7.11. The first-order valence-corrected chi connectivity index (χ1v) is 16.5. The lowest BCUT2D eigenvalue weighted by atomic mass is 9.76. The van der Waals surface area contributed by atoms with Crippen LogP contribution < -0.4 is 5.32 Å². The number of hydrogen-bond donors (Lipinski definition) is 3. The van der Waals surface area contributed by atoms with Crippen LogP contribution in [0.1, 0.15) is 50.7 Å². The summed E-state index contributed by atoms with van der Waals surface area (Å²) in [5.74, 6) is -1.09. The fourth-order valence-electron chi connectivity index (χ4n) is 6.20. The predicted molar refractivity (Wildman–Crippen MR) is 181 cm³/mol. The number of nitrogens with zero attached hydrogens (tertiary/aromatic N) is 2. The molecule has 0 radical (unpaired) electrons. The second-order valence-electron chi connectivity index (χ2n) is 11.4. The molecule has 1 fully saturated rings. The largest absolute Gasteiger partial charge is 0.478 e. The lowest BCUT2D eigenvalue weighted by Gasteiger charge is -2.38. The number of piperidine rings is 1. The Labute approximate surface area is 276 Å². The summed E-state index contributed by atoms with van der Waals surface area (Å²) in [5, 5.41) is 14.2. The molecular weight excluding hydrogens is 620 g/mol. The van der Waals surface area contributed by atoms with E-state index in [0.717, 1.165) is 35.5 Å². The fraction of sp³-hybridized carbons (Fsp3) is 0.222. The zero-order chi connectivity index (χ0) is 32.0. The van der Waals surface area contributed by atoms with Gasteiger partial charge in [-0.25, -0.2) is 9.78 Å². The highest BCUT2D eigenvalue weighted by molar-refractivity contribution is 7.99. The van der Waals surface area contributed by atoms with Crippen molar-refractivity contribution in [1.29, 1.82) is 0 Å². The molecule has 3 N–H and O–H groups in total. The lowest BCUT2D eigenvalue weighted by Crippen LogP contribution is -2.52. The minimum atomic E-state index is -1.10. The number of likely N-dealkylation sites (tertiary alicyclic amines) is 1. The highest BCUT2D eigenvalue weighted by Crippen LogP contribution is 2.38. The second kappa shape index (κ2) is 14.2. The average Bonchev–Trinajstić information content (AvgIpc) is 3.51. The maximum absolute atomic E-state index is 14.1. The van der Waals surface area contributed by atoms with E-state index in [-0.39, 0.29) is 28.2 Å². The Bertz CT molecular complexity index is 1800. The summed E-state index contributed by atoms with van der Waals surface area (Å²) < 4.78 is 0. The Morgan fingerprint density at radius 1 is 0.935 bits per heavy atom. The molecular formula is C36H33ClN4O4S. The van der Waals surface area contributed by atoms with Crippen LogP contribution in [0.4, 0.5) is 0 Å². The smallest absolute Gasteiger partial charge is 0.338 e. The summed E-state index contributed by atoms with van der Waals surface area (Å²) in [6.45, 7) is 1.09. The molecule has 1 aliphatic rings. The summed E-state index contributed by atoms with van der Waals surface area (Å²) >= 11 is 7.28. The molecule has 1 aliphatic heterocycles. The van der Waals surface area contributed by atoms with Crippen LogP contribution in [-0.4, -0.2) is 62.6 Å². The van der Waals surface area contributed by atoms with Crippen molar-refractivity contribution in [3.8, 4) is 0 Å². The van der Waals surface area contributed by atoms with Crippen molar-refractivity contribution in [3.63, 3.8) is 0 Å². The van der Waals surface area contributed by atoms with E-state index in [1.165, 1.54) is 23.4 Å². The Morgan fingerprint density at radius 3 is 2.26 bits per heavy atom. The van der Waals surface area contributed by atoms with Gasteiger partial charge in [-0.1, -0.05) is 72.3 Å². The van der Waals surface area contributed by atoms with Crippen LogP contribution in [0, 0.1) is 5.92 Å². The van der Waals surface area contributed by atoms with Gasteiger partial charge in [0.05, 0.1) is 5.56 Å². The fourth-order valence-corrected chi connectivity index (χ4v) is 7.38. The third-order valence-electron chi connectivity index (χ3n) is 8.46. The first-order valence-electron chi connectivity index (χ1n) is 15.2. The summed E-state index contributed by atoms with van der Waals surface area (Å²) in [6.07, 6.45) is 3.13. The number of hydrogen-bond acceptors (Lipinski definition) is 5. The van der Waals surface area contributed by atoms with Gasteiger partial charge in [0.25, 0.3) is 5.91 Å². The second-order valence-corrected chi connectivity index (χ2v) is 12.8. The first kappa shape index (κ1) is 31.4. The zero-order valence-corrected chi connectivity index (χ0v) is 26.5. The van der Waals surface area contributed by atoms with E-state index in [0.29, 0.717) is 29.7 Å². The van der Waals surface area contributed by atoms with Gasteiger partial charge in [0.1, 0.15) is 16.8 Å². The van der Waals surface area contributed by atoms with Crippen molar-refractivity contribution in [2.24, 2.45) is 5.92 Å². The topological polar surface area (TPSA) is 115 Å². The minimum Gasteiger partial charge on any atom is -0.478 e. The van der Waals surface area contributed by atoms with Crippen molar-refractivity contribution in [2.75, 3.05) is 18.8 Å². The number of aromatic amines is 1. The number of thioether (sulfide) groups is 1. The molecule has 8 nitrogen and oxygen atoms in total. The third-order valence-corrected chi connectivity index (χ3v) is 9.79. The van der Waals surface area contributed by atoms with Gasteiger partial charge >= 0.3 is 5.97 Å². The van der Waals surface area contributed by atoms with Crippen LogP contribution in [0.3, 0.4) is 0 Å². The number of halogens is 1. The van der Waals surface area contributed by atoms with Crippen LogP contribution in [0.15, 0.2) is 108 Å². The monoisotopic (exact) mass is 652 g/mol. The number of aromatic carboxylic acids is 1. The predicted octanol–water partition coefficient (Wildman–Crippen LogP) is 6.88. The Balaban J connectivity index is 1.20. The highest BCUT2D eigenvalue weighted by Gasteiger charge is 2.34. The molecule has 1 saturated heterocycles. The molecule has 1 unspecified atom stereocenters. The number of carbonyl (C=O) groups is 3. The molecule has 2 aromatic heterocycles. The minimum absolute atomic E-state index is 0.0474. The molecule has 0 aliphatic carbocycles. The molecule has 2 amide bonds. The molecule has 10 heteroatoms. The summed E-state index contributed by atoms with van der Waals surface area (Å²) in [5.41, 5.74) is 3.61. The van der Waals surface area contributed by atoms with E-state index in [2.05, 4.69) is 63.8 Å². The van der Waals surface area contributed by atoms with Crippen LogP contribution in [-0.2, 0) is 4.79 Å². The number of carboxylic acids is 1. The number of nitrogens with one attached hydrogen (secondary N) is 2. The molecule has 0 bridgehead atoms. The van der Waals surface area contributed by atoms with Gasteiger partial charge in [0, 0.05) is 46.9 Å². The summed E-state index contributed by atoms with van der Waals surface area (Å²) in [4.78, 5) is 48.5. The zero-order valence-electron chi connectivity index (χ0n) is 24.9. The van der Waals surface area contributed by atoms with Gasteiger partial charge in [-0.05, 0) is 66.3 Å². The Morgan fingerprint density at radius 2 is 1.61 bits per heavy atom. The van der Waals surface area contributed by atoms with Crippen molar-refractivity contribution in [1.82, 2.24) is 20.2 Å². The molecule has 46 heavy (non-hydrogen) atoms. The molecule has 1 atom stereocenters. The van der Waals surface area contributed by atoms with Gasteiger partial charge in [-0.3, -0.25) is 9.59 Å². The number of amides is 2. The van der Waals surface area contributed by atoms with E-state index >= 15 is 0 Å². The lowest BCUT2D eigenvalue weighted by molar-refractivity contribution is -0.134. The van der Waals surface area contributed by atoms with Crippen molar-refractivity contribution >= 4 is 52.0 Å². The summed E-state index contributed by atoms with van der Waals surface area (Å²) in [6, 6.07) is 30.1. The van der Waals surface area contributed by atoms with E-state index in [9.17, 15) is 19.5 Å². The van der Waals surface area contributed by atoms with Crippen LogP contribution in [0.2, 0.25) is 5.02 Å². The van der Waals surface area contributed by atoms with Crippen LogP contribution >= 0.6 is 23.4 Å². The summed E-state index contributed by atoms with van der Waals surface area (Å²) in [7, 11) is 0. The first-order chi connectivity index (χ1) is 22.4. The molecule has 3 aromatic carbocycles. The normalized spacial score (nSPS) is 14.3. The maximum atomic E-state index is 14.1. The molecule has 3 heterocycles. The number of fused-ring (bicyclic) bond motifs is 1. The van der Waals surface area contributed by atoms with Crippen LogP contribution in [0.25, 0.3) is 10.9 Å². The van der Waals surface area contributed by atoms with Crippen molar-refractivity contribution in [2.45, 2.75) is 29.8 Å². The van der Waals surface area contributed by atoms with E-state index < -0.39 is 17.9 Å². The van der Waals surface area contributed by atoms with E-state index in [1.807, 2.05) is 17.0 Å². The van der Waals surface area contributed by atoms with E-state index in [1.54, 1.807) is 30.3 Å². The number of carbonyl (C=O) groups excluding carboxylic acids is 2. The van der Waals surface area contributed by atoms with Gasteiger partial charge in [0.15, 0.2) is 0 Å². The number of aromatic nitrogens is 2. The van der Waals surface area contributed by atoms with Gasteiger partial charge in [-0.15, -0.1) is 11.8 Å².